The summed E-state index contributed by atoms with van der Waals surface area (Å²) in [5.74, 6) is -1.01. The summed E-state index contributed by atoms with van der Waals surface area (Å²) in [5.41, 5.74) is 6.54. The first-order valence-electron chi connectivity index (χ1n) is 5.89. The van der Waals surface area contributed by atoms with Crippen LogP contribution in [0.3, 0.4) is 0 Å². The second-order valence-electron chi connectivity index (χ2n) is 5.27. The summed E-state index contributed by atoms with van der Waals surface area (Å²) in [6.07, 6.45) is 0.470. The Balaban J connectivity index is 2.51. The number of methoxy groups -OCH3 is 1. The predicted molar refractivity (Wildman–Crippen MR) is 65.9 cm³/mol. The summed E-state index contributed by atoms with van der Waals surface area (Å²) in [7, 11) is 1.21. The van der Waals surface area contributed by atoms with Gasteiger partial charge in [-0.25, -0.2) is 4.79 Å². The van der Waals surface area contributed by atoms with Crippen LogP contribution in [0.1, 0.15) is 33.6 Å². The third-order valence-electron chi connectivity index (χ3n) is 2.57. The summed E-state index contributed by atoms with van der Waals surface area (Å²) in [4.78, 5) is 25.7. The van der Waals surface area contributed by atoms with Gasteiger partial charge < -0.3 is 9.47 Å². The molecule has 1 rings (SSSR count). The molecule has 0 aliphatic carbocycles. The summed E-state index contributed by atoms with van der Waals surface area (Å²) in [5, 5.41) is 6.16. The molecule has 0 bridgehead atoms. The highest BCUT2D eigenvalue weighted by molar-refractivity contribution is 5.85. The lowest BCUT2D eigenvalue weighted by atomic mass is 10.1. The maximum Gasteiger partial charge on any atom is 0.333 e. The Hall–Kier alpha value is -1.79. The average Bonchev–Trinajstić information content (AvgIpc) is 2.98. The van der Waals surface area contributed by atoms with Crippen molar-refractivity contribution < 1.29 is 19.1 Å². The molecule has 0 aromatic rings. The maximum atomic E-state index is 11.5. The number of carbonyl (C=O) groups excluding carboxylic acids is 2. The van der Waals surface area contributed by atoms with Crippen molar-refractivity contribution in [2.24, 2.45) is 5.11 Å². The fraction of sp³-hybridized carbons (Fsp3) is 0.818. The zero-order valence-electron chi connectivity index (χ0n) is 11.5. The molecule has 1 fully saturated rings. The van der Waals surface area contributed by atoms with E-state index < -0.39 is 23.3 Å². The van der Waals surface area contributed by atoms with Gasteiger partial charge in [-0.2, -0.15) is 0 Å². The van der Waals surface area contributed by atoms with Gasteiger partial charge in [-0.05, 0) is 32.7 Å². The molecular weight excluding hydrogens is 252 g/mol. The highest BCUT2D eigenvalue weighted by Gasteiger charge is 2.60. The summed E-state index contributed by atoms with van der Waals surface area (Å²) >= 11 is 0. The molecule has 0 amide bonds. The number of carbonyl (C=O) groups is 2. The normalized spacial score (nSPS) is 25.2. The monoisotopic (exact) mass is 270 g/mol. The van der Waals surface area contributed by atoms with Crippen LogP contribution in [0.2, 0.25) is 0 Å². The molecule has 1 N–H and O–H groups in total. The lowest BCUT2D eigenvalue weighted by Crippen LogP contribution is -2.28. The number of hydrogen-bond acceptors (Lipinski definition) is 6. The van der Waals surface area contributed by atoms with Crippen LogP contribution in [0.5, 0.6) is 0 Å². The van der Waals surface area contributed by atoms with Gasteiger partial charge in [0.15, 0.2) is 0 Å². The smallest absolute Gasteiger partial charge is 0.333 e. The van der Waals surface area contributed by atoms with E-state index in [-0.39, 0.29) is 12.4 Å². The lowest BCUT2D eigenvalue weighted by molar-refractivity contribution is -0.155. The molecule has 1 aliphatic heterocycles. The topological polar surface area (TPSA) is 123 Å². The number of esters is 2. The number of rotatable bonds is 5. The first kappa shape index (κ1) is 15.3. The van der Waals surface area contributed by atoms with E-state index in [4.69, 9.17) is 10.3 Å². The highest BCUT2D eigenvalue weighted by atomic mass is 16.6. The van der Waals surface area contributed by atoms with E-state index in [0.29, 0.717) is 6.42 Å². The van der Waals surface area contributed by atoms with Gasteiger partial charge in [0.1, 0.15) is 5.60 Å². The Morgan fingerprint density at radius 3 is 2.58 bits per heavy atom. The largest absolute Gasteiger partial charge is 0.467 e. The number of nitrogens with zero attached hydrogens (tertiary/aromatic N) is 3. The Kier molecular flexibility index (Phi) is 4.39. The minimum Gasteiger partial charge on any atom is -0.467 e. The minimum absolute atomic E-state index is 0.134. The molecule has 0 saturated carbocycles. The Labute approximate surface area is 111 Å². The van der Waals surface area contributed by atoms with Crippen LogP contribution in [0, 0.1) is 0 Å². The van der Waals surface area contributed by atoms with Gasteiger partial charge in [0.25, 0.3) is 0 Å². The number of hydrogen-bond donors (Lipinski definition) is 1. The first-order valence-corrected chi connectivity index (χ1v) is 5.89. The first-order chi connectivity index (χ1) is 8.75. The number of ether oxygens (including phenoxy) is 2. The molecule has 0 radical (unpaired) electrons. The minimum atomic E-state index is -1.37. The molecule has 0 spiro atoms. The number of azide groups is 1. The van der Waals surface area contributed by atoms with Crippen molar-refractivity contribution in [2.45, 2.75) is 50.9 Å². The fourth-order valence-corrected chi connectivity index (χ4v) is 1.73. The van der Waals surface area contributed by atoms with Crippen LogP contribution in [0.4, 0.5) is 0 Å². The zero-order valence-corrected chi connectivity index (χ0v) is 11.5. The molecule has 19 heavy (non-hydrogen) atoms. The van der Waals surface area contributed by atoms with Crippen LogP contribution in [0.25, 0.3) is 10.4 Å². The van der Waals surface area contributed by atoms with Crippen LogP contribution in [-0.2, 0) is 19.1 Å². The van der Waals surface area contributed by atoms with Crippen molar-refractivity contribution >= 4 is 11.9 Å². The van der Waals surface area contributed by atoms with Crippen molar-refractivity contribution in [3.05, 3.63) is 10.4 Å². The number of nitrogens with one attached hydrogen (secondary N) is 1. The van der Waals surface area contributed by atoms with Gasteiger partial charge in [-0.1, -0.05) is 5.11 Å². The van der Waals surface area contributed by atoms with Crippen molar-refractivity contribution in [2.75, 3.05) is 7.11 Å². The highest BCUT2D eigenvalue weighted by Crippen LogP contribution is 2.33. The lowest BCUT2D eigenvalue weighted by Gasteiger charge is -2.19. The Bertz CT molecular complexity index is 425. The van der Waals surface area contributed by atoms with Crippen LogP contribution in [-0.4, -0.2) is 36.4 Å². The third-order valence-corrected chi connectivity index (χ3v) is 2.57. The predicted octanol–water partition coefficient (Wildman–Crippen LogP) is 1.26. The van der Waals surface area contributed by atoms with Gasteiger partial charge in [0.05, 0.1) is 7.11 Å². The molecule has 8 heteroatoms. The molecule has 8 nitrogen and oxygen atoms in total. The fourth-order valence-electron chi connectivity index (χ4n) is 1.73. The van der Waals surface area contributed by atoms with E-state index in [1.54, 1.807) is 20.8 Å². The van der Waals surface area contributed by atoms with E-state index in [1.165, 1.54) is 7.11 Å². The summed E-state index contributed by atoms with van der Waals surface area (Å²) in [6, 6.07) is -0.400. The molecule has 1 heterocycles. The molecular formula is C11H18N4O4. The summed E-state index contributed by atoms with van der Waals surface area (Å²) < 4.78 is 9.71. The molecule has 1 aliphatic rings. The van der Waals surface area contributed by atoms with Gasteiger partial charge in [-0.3, -0.25) is 10.1 Å². The van der Waals surface area contributed by atoms with E-state index in [9.17, 15) is 9.59 Å². The van der Waals surface area contributed by atoms with Gasteiger partial charge in [-0.15, -0.1) is 0 Å². The Morgan fingerprint density at radius 1 is 1.47 bits per heavy atom. The van der Waals surface area contributed by atoms with Gasteiger partial charge >= 0.3 is 11.9 Å². The van der Waals surface area contributed by atoms with Crippen molar-refractivity contribution in [1.29, 1.82) is 0 Å². The zero-order chi connectivity index (χ0) is 14.7. The van der Waals surface area contributed by atoms with Crippen molar-refractivity contribution in [3.63, 3.8) is 0 Å². The molecule has 0 aromatic heterocycles. The standard InChI is InChI=1S/C11H18N4O4/c1-10(2,3)19-8(16)6-5-7-11(13-7,14-15-12)9(17)18-4/h7,13H,5-6H2,1-4H3. The van der Waals surface area contributed by atoms with E-state index in [0.717, 1.165) is 0 Å². The van der Waals surface area contributed by atoms with Crippen LogP contribution >= 0.6 is 0 Å². The molecule has 1 saturated heterocycles. The Morgan fingerprint density at radius 2 is 2.11 bits per heavy atom. The van der Waals surface area contributed by atoms with Crippen LogP contribution in [0.15, 0.2) is 5.11 Å². The second kappa shape index (κ2) is 5.46. The molecule has 2 atom stereocenters. The SMILES string of the molecule is COC(=O)C1(N=[N+]=[N-])NC1CCC(=O)OC(C)(C)C. The van der Waals surface area contributed by atoms with E-state index in [1.807, 2.05) is 0 Å². The molecule has 2 unspecified atom stereocenters. The third kappa shape index (κ3) is 3.84. The summed E-state index contributed by atoms with van der Waals surface area (Å²) in [6.45, 7) is 5.33. The van der Waals surface area contributed by atoms with Gasteiger partial charge in [0.2, 0.25) is 5.66 Å². The second-order valence-corrected chi connectivity index (χ2v) is 5.27. The van der Waals surface area contributed by atoms with Crippen LogP contribution < -0.4 is 5.32 Å². The van der Waals surface area contributed by atoms with Crippen molar-refractivity contribution in [3.8, 4) is 0 Å². The molecule has 0 aromatic carbocycles. The quantitative estimate of drug-likeness (QED) is 0.265. The molecule has 106 valence electrons. The van der Waals surface area contributed by atoms with E-state index >= 15 is 0 Å². The van der Waals surface area contributed by atoms with E-state index in [2.05, 4.69) is 20.1 Å². The van der Waals surface area contributed by atoms with Crippen molar-refractivity contribution in [1.82, 2.24) is 5.32 Å². The van der Waals surface area contributed by atoms with Gasteiger partial charge in [0, 0.05) is 17.4 Å². The maximum absolute atomic E-state index is 11.5. The average molecular weight is 270 g/mol.